The van der Waals surface area contributed by atoms with Crippen LogP contribution in [-0.2, 0) is 4.79 Å². The summed E-state index contributed by atoms with van der Waals surface area (Å²) in [5, 5.41) is 6.71. The molecule has 6 heteroatoms. The Labute approximate surface area is 152 Å². The Hall–Kier alpha value is -3.28. The van der Waals surface area contributed by atoms with Crippen molar-refractivity contribution in [3.63, 3.8) is 0 Å². The van der Waals surface area contributed by atoms with Crippen LogP contribution in [0, 0.1) is 6.92 Å². The molecule has 0 bridgehead atoms. The summed E-state index contributed by atoms with van der Waals surface area (Å²) in [5.41, 5.74) is 3.32. The van der Waals surface area contributed by atoms with Crippen molar-refractivity contribution in [2.24, 2.45) is 0 Å². The van der Waals surface area contributed by atoms with Gasteiger partial charge >= 0.3 is 6.03 Å². The maximum absolute atomic E-state index is 12.5. The molecule has 134 valence electrons. The van der Waals surface area contributed by atoms with Crippen LogP contribution in [0.5, 0.6) is 0 Å². The summed E-state index contributed by atoms with van der Waals surface area (Å²) in [7, 11) is 3.34. The number of amides is 3. The maximum atomic E-state index is 12.5. The summed E-state index contributed by atoms with van der Waals surface area (Å²) in [5.74, 6) is -0.192. The maximum Gasteiger partial charge on any atom is 0.320 e. The number of carbonyl (C=O) groups excluding carboxylic acids is 2. The van der Waals surface area contributed by atoms with Crippen molar-refractivity contribution < 1.29 is 9.59 Å². The third-order valence-corrected chi connectivity index (χ3v) is 4.24. The molecule has 1 heterocycles. The number of nitrogens with one attached hydrogen (secondary N) is 3. The number of aryl methyl sites for hydroxylation is 1. The molecule has 0 aliphatic carbocycles. The Morgan fingerprint density at radius 2 is 1.81 bits per heavy atom. The molecule has 3 rings (SSSR count). The first-order chi connectivity index (χ1) is 12.5. The number of nitrogens with zero attached hydrogens (tertiary/aromatic N) is 1. The highest BCUT2D eigenvalue weighted by molar-refractivity contribution is 5.96. The van der Waals surface area contributed by atoms with Crippen LogP contribution in [0.4, 0.5) is 10.5 Å². The average molecular weight is 350 g/mol. The Morgan fingerprint density at radius 3 is 2.50 bits per heavy atom. The van der Waals surface area contributed by atoms with Crippen molar-refractivity contribution in [2.75, 3.05) is 19.4 Å². The van der Waals surface area contributed by atoms with Gasteiger partial charge in [0.1, 0.15) is 6.04 Å². The fourth-order valence-electron chi connectivity index (χ4n) is 2.83. The third kappa shape index (κ3) is 3.69. The van der Waals surface area contributed by atoms with Gasteiger partial charge in [0.05, 0.1) is 0 Å². The Kier molecular flexibility index (Phi) is 4.93. The predicted octanol–water partition coefficient (Wildman–Crippen LogP) is 3.43. The summed E-state index contributed by atoms with van der Waals surface area (Å²) in [6, 6.07) is 13.9. The van der Waals surface area contributed by atoms with Gasteiger partial charge in [0.2, 0.25) is 5.91 Å². The van der Waals surface area contributed by atoms with Crippen LogP contribution in [0.25, 0.3) is 10.9 Å². The minimum absolute atomic E-state index is 0.192. The Morgan fingerprint density at radius 1 is 1.08 bits per heavy atom. The molecule has 3 N–H and O–H groups in total. The summed E-state index contributed by atoms with van der Waals surface area (Å²) in [6.45, 7) is 1.93. The van der Waals surface area contributed by atoms with Crippen molar-refractivity contribution in [3.05, 3.63) is 65.9 Å². The smallest absolute Gasteiger partial charge is 0.320 e. The number of carbonyl (C=O) groups is 2. The molecule has 0 radical (unpaired) electrons. The number of likely N-dealkylation sites (N-methyl/N-ethyl adjacent to an activating group) is 1. The lowest BCUT2D eigenvalue weighted by Crippen LogP contribution is -2.41. The zero-order chi connectivity index (χ0) is 18.7. The fraction of sp³-hybridized carbons (Fsp3) is 0.200. The van der Waals surface area contributed by atoms with Crippen LogP contribution < -0.4 is 10.6 Å². The van der Waals surface area contributed by atoms with Gasteiger partial charge in [-0.25, -0.2) is 4.79 Å². The second-order valence-corrected chi connectivity index (χ2v) is 6.41. The van der Waals surface area contributed by atoms with E-state index in [9.17, 15) is 9.59 Å². The van der Waals surface area contributed by atoms with Gasteiger partial charge in [-0.1, -0.05) is 30.3 Å². The van der Waals surface area contributed by atoms with Gasteiger partial charge < -0.3 is 20.5 Å². The van der Waals surface area contributed by atoms with Gasteiger partial charge in [0.25, 0.3) is 0 Å². The molecule has 0 saturated heterocycles. The van der Waals surface area contributed by atoms with E-state index in [2.05, 4.69) is 15.6 Å². The first-order valence-corrected chi connectivity index (χ1v) is 8.37. The standard InChI is InChI=1S/C20H22N4O2/c1-13-11-15-9-10-21-17(15)12-16(13)22-20(26)23-18(19(25)24(2)3)14-7-5-4-6-8-14/h4-12,18,21H,1-3H3,(H2,22,23,26)/t18-/m1/s1. The molecular formula is C20H22N4O2. The minimum atomic E-state index is -0.749. The van der Waals surface area contributed by atoms with E-state index in [4.69, 9.17) is 0 Å². The molecule has 0 unspecified atom stereocenters. The molecule has 6 nitrogen and oxygen atoms in total. The highest BCUT2D eigenvalue weighted by Crippen LogP contribution is 2.23. The number of aromatic nitrogens is 1. The van der Waals surface area contributed by atoms with E-state index in [0.29, 0.717) is 5.69 Å². The van der Waals surface area contributed by atoms with E-state index < -0.39 is 12.1 Å². The number of rotatable bonds is 4. The van der Waals surface area contributed by atoms with E-state index >= 15 is 0 Å². The van der Waals surface area contributed by atoms with Crippen LogP contribution in [0.3, 0.4) is 0 Å². The van der Waals surface area contributed by atoms with Crippen LogP contribution in [0.2, 0.25) is 0 Å². The minimum Gasteiger partial charge on any atom is -0.361 e. The molecule has 0 aliphatic rings. The molecule has 0 saturated carbocycles. The largest absolute Gasteiger partial charge is 0.361 e. The monoisotopic (exact) mass is 350 g/mol. The summed E-state index contributed by atoms with van der Waals surface area (Å²) >= 11 is 0. The zero-order valence-electron chi connectivity index (χ0n) is 15.0. The molecule has 0 spiro atoms. The molecule has 3 aromatic rings. The summed E-state index contributed by atoms with van der Waals surface area (Å²) in [6.07, 6.45) is 1.86. The number of H-pyrrole nitrogens is 1. The first kappa shape index (κ1) is 17.5. The van der Waals surface area contributed by atoms with E-state index in [1.165, 1.54) is 4.90 Å². The van der Waals surface area contributed by atoms with Gasteiger partial charge in [-0.15, -0.1) is 0 Å². The summed E-state index contributed by atoms with van der Waals surface area (Å²) < 4.78 is 0. The van der Waals surface area contributed by atoms with Crippen molar-refractivity contribution >= 4 is 28.5 Å². The topological polar surface area (TPSA) is 77.2 Å². The molecule has 0 fully saturated rings. The zero-order valence-corrected chi connectivity index (χ0v) is 15.0. The number of benzene rings is 2. The first-order valence-electron chi connectivity index (χ1n) is 8.37. The average Bonchev–Trinajstić information content (AvgIpc) is 3.07. The quantitative estimate of drug-likeness (QED) is 0.674. The van der Waals surface area contributed by atoms with Crippen molar-refractivity contribution in [2.45, 2.75) is 13.0 Å². The van der Waals surface area contributed by atoms with E-state index in [-0.39, 0.29) is 5.91 Å². The van der Waals surface area contributed by atoms with Gasteiger partial charge in [-0.3, -0.25) is 4.79 Å². The SMILES string of the molecule is Cc1cc2cc[nH]c2cc1NC(=O)N[C@@H](C(=O)N(C)C)c1ccccc1. The third-order valence-electron chi connectivity index (χ3n) is 4.24. The second-order valence-electron chi connectivity index (χ2n) is 6.41. The molecule has 3 amide bonds. The number of anilines is 1. The lowest BCUT2D eigenvalue weighted by molar-refractivity contribution is -0.130. The number of fused-ring (bicyclic) bond motifs is 1. The van der Waals surface area contributed by atoms with E-state index in [0.717, 1.165) is 22.0 Å². The van der Waals surface area contributed by atoms with Crippen LogP contribution >= 0.6 is 0 Å². The molecule has 1 aromatic heterocycles. The van der Waals surface area contributed by atoms with Gasteiger partial charge in [-0.2, -0.15) is 0 Å². The van der Waals surface area contributed by atoms with Gasteiger partial charge in [0.15, 0.2) is 0 Å². The molecule has 0 aliphatic heterocycles. The van der Waals surface area contributed by atoms with Crippen LogP contribution in [0.1, 0.15) is 17.2 Å². The highest BCUT2D eigenvalue weighted by atomic mass is 16.2. The highest BCUT2D eigenvalue weighted by Gasteiger charge is 2.24. The van der Waals surface area contributed by atoms with Crippen LogP contribution in [-0.4, -0.2) is 35.9 Å². The normalized spacial score (nSPS) is 11.8. The van der Waals surface area contributed by atoms with Gasteiger partial charge in [0, 0.05) is 31.5 Å². The Balaban J connectivity index is 1.81. The van der Waals surface area contributed by atoms with Crippen molar-refractivity contribution in [1.29, 1.82) is 0 Å². The molecule has 2 aromatic carbocycles. The number of aromatic amines is 1. The number of hydrogen-bond acceptors (Lipinski definition) is 2. The second kappa shape index (κ2) is 7.31. The number of hydrogen-bond donors (Lipinski definition) is 3. The van der Waals surface area contributed by atoms with Crippen LogP contribution in [0.15, 0.2) is 54.7 Å². The molecule has 26 heavy (non-hydrogen) atoms. The lowest BCUT2D eigenvalue weighted by Gasteiger charge is -2.22. The van der Waals surface area contributed by atoms with E-state index in [1.54, 1.807) is 14.1 Å². The number of urea groups is 1. The lowest BCUT2D eigenvalue weighted by atomic mass is 10.1. The van der Waals surface area contributed by atoms with E-state index in [1.807, 2.05) is 61.7 Å². The van der Waals surface area contributed by atoms with Gasteiger partial charge in [-0.05, 0) is 41.6 Å². The van der Waals surface area contributed by atoms with Crippen molar-refractivity contribution in [3.8, 4) is 0 Å². The predicted molar refractivity (Wildman–Crippen MR) is 103 cm³/mol. The molecule has 1 atom stereocenters. The fourth-order valence-corrected chi connectivity index (χ4v) is 2.83. The Bertz CT molecular complexity index is 931. The molecular weight excluding hydrogens is 328 g/mol. The van der Waals surface area contributed by atoms with Crippen molar-refractivity contribution in [1.82, 2.24) is 15.2 Å². The summed E-state index contributed by atoms with van der Waals surface area (Å²) in [4.78, 5) is 29.7.